The third-order valence-electron chi connectivity index (χ3n) is 2.40. The van der Waals surface area contributed by atoms with E-state index in [1.54, 1.807) is 0 Å². The number of hydrogen-bond acceptors (Lipinski definition) is 3. The van der Waals surface area contributed by atoms with Gasteiger partial charge in [0.15, 0.2) is 0 Å². The highest BCUT2D eigenvalue weighted by atomic mass is 16.1. The van der Waals surface area contributed by atoms with Gasteiger partial charge in [0.25, 0.3) is 0 Å². The topological polar surface area (TPSA) is 72.9 Å². The monoisotopic (exact) mass is 224 g/mol. The second-order valence-electron chi connectivity index (χ2n) is 4.03. The molecule has 5 heteroatoms. The van der Waals surface area contributed by atoms with E-state index in [2.05, 4.69) is 21.8 Å². The summed E-state index contributed by atoms with van der Waals surface area (Å²) in [5.41, 5.74) is 6.26. The number of amides is 1. The molecule has 0 saturated carbocycles. The molecule has 0 spiro atoms. The van der Waals surface area contributed by atoms with Crippen LogP contribution < -0.4 is 11.1 Å². The average Bonchev–Trinajstić information content (AvgIpc) is 2.62. The predicted octanol–water partition coefficient (Wildman–Crippen LogP) is 0.647. The summed E-state index contributed by atoms with van der Waals surface area (Å²) in [6.45, 7) is 5.77. The summed E-state index contributed by atoms with van der Waals surface area (Å²) in [6, 6.07) is 0.0995. The summed E-state index contributed by atoms with van der Waals surface area (Å²) in [5.74, 6) is -0.276. The molecule has 3 N–H and O–H groups in total. The third kappa shape index (κ3) is 4.02. The number of nitrogens with zero attached hydrogens (tertiary/aromatic N) is 2. The number of carbonyl (C=O) groups is 1. The van der Waals surface area contributed by atoms with Crippen molar-refractivity contribution in [1.29, 1.82) is 0 Å². The molecule has 1 heterocycles. The Labute approximate surface area is 96.0 Å². The summed E-state index contributed by atoms with van der Waals surface area (Å²) >= 11 is 0. The van der Waals surface area contributed by atoms with Crippen molar-refractivity contribution < 1.29 is 4.79 Å². The summed E-state index contributed by atoms with van der Waals surface area (Å²) < 4.78 is 2.12. The van der Waals surface area contributed by atoms with E-state index in [-0.39, 0.29) is 11.9 Å². The normalized spacial score (nSPS) is 12.6. The van der Waals surface area contributed by atoms with Gasteiger partial charge in [0.2, 0.25) is 5.91 Å². The van der Waals surface area contributed by atoms with Crippen LogP contribution in [-0.2, 0) is 17.9 Å². The number of aryl methyl sites for hydroxylation is 1. The van der Waals surface area contributed by atoms with Gasteiger partial charge < -0.3 is 15.6 Å². The van der Waals surface area contributed by atoms with Crippen molar-refractivity contribution in [3.05, 3.63) is 18.2 Å². The number of hydrogen-bond donors (Lipinski definition) is 2. The second-order valence-corrected chi connectivity index (χ2v) is 4.03. The molecule has 16 heavy (non-hydrogen) atoms. The number of rotatable bonds is 7. The van der Waals surface area contributed by atoms with Crippen LogP contribution in [0.2, 0.25) is 0 Å². The van der Waals surface area contributed by atoms with Crippen LogP contribution in [0.15, 0.2) is 12.5 Å². The van der Waals surface area contributed by atoms with E-state index in [9.17, 15) is 4.79 Å². The molecule has 1 atom stereocenters. The molecule has 1 rings (SSSR count). The first-order valence-corrected chi connectivity index (χ1v) is 5.64. The first-order chi connectivity index (χ1) is 7.63. The molecule has 0 radical (unpaired) electrons. The zero-order valence-corrected chi connectivity index (χ0v) is 9.94. The van der Waals surface area contributed by atoms with E-state index < -0.39 is 0 Å². The number of primary amides is 1. The summed E-state index contributed by atoms with van der Waals surface area (Å²) in [6.07, 6.45) is 5.13. The molecule has 90 valence electrons. The Morgan fingerprint density at radius 2 is 2.44 bits per heavy atom. The van der Waals surface area contributed by atoms with Crippen LogP contribution in [0, 0.1) is 0 Å². The quantitative estimate of drug-likeness (QED) is 0.714. The lowest BCUT2D eigenvalue weighted by atomic mass is 10.2. The van der Waals surface area contributed by atoms with Crippen molar-refractivity contribution >= 4 is 5.91 Å². The zero-order valence-electron chi connectivity index (χ0n) is 9.94. The molecule has 0 bridgehead atoms. The molecular weight excluding hydrogens is 204 g/mol. The number of imidazole rings is 1. The lowest BCUT2D eigenvalue weighted by molar-refractivity contribution is -0.118. The Hall–Kier alpha value is -1.36. The van der Waals surface area contributed by atoms with Crippen LogP contribution in [0.1, 0.15) is 32.4 Å². The molecule has 1 unspecified atom stereocenters. The van der Waals surface area contributed by atoms with Crippen molar-refractivity contribution in [2.24, 2.45) is 5.73 Å². The Bertz CT molecular complexity index is 334. The molecule has 0 aromatic carbocycles. The van der Waals surface area contributed by atoms with Crippen molar-refractivity contribution in [2.45, 2.75) is 45.8 Å². The molecule has 5 nitrogen and oxygen atoms in total. The van der Waals surface area contributed by atoms with Crippen LogP contribution in [0.4, 0.5) is 0 Å². The average molecular weight is 224 g/mol. The minimum atomic E-state index is -0.276. The number of nitrogens with one attached hydrogen (secondary N) is 1. The molecule has 0 aliphatic heterocycles. The summed E-state index contributed by atoms with van der Waals surface area (Å²) in [5, 5.41) is 3.25. The lowest BCUT2D eigenvalue weighted by Gasteiger charge is -2.13. The maximum atomic E-state index is 10.7. The molecule has 0 saturated heterocycles. The van der Waals surface area contributed by atoms with E-state index >= 15 is 0 Å². The Balaban J connectivity index is 2.41. The van der Waals surface area contributed by atoms with Gasteiger partial charge in [-0.05, 0) is 13.3 Å². The van der Waals surface area contributed by atoms with Gasteiger partial charge in [0, 0.05) is 31.7 Å². The maximum absolute atomic E-state index is 10.7. The van der Waals surface area contributed by atoms with Crippen LogP contribution in [0.3, 0.4) is 0 Å². The Kier molecular flexibility index (Phi) is 4.98. The highest BCUT2D eigenvalue weighted by Gasteiger charge is 2.07. The van der Waals surface area contributed by atoms with Gasteiger partial charge in [-0.1, -0.05) is 6.92 Å². The van der Waals surface area contributed by atoms with Crippen molar-refractivity contribution in [3.8, 4) is 0 Å². The molecule has 0 aliphatic rings. The van der Waals surface area contributed by atoms with Crippen molar-refractivity contribution in [2.75, 3.05) is 0 Å². The van der Waals surface area contributed by atoms with Gasteiger partial charge in [0.1, 0.15) is 0 Å². The largest absolute Gasteiger partial charge is 0.370 e. The number of aromatic nitrogens is 2. The molecule has 1 aromatic rings. The highest BCUT2D eigenvalue weighted by molar-refractivity contribution is 5.74. The smallest absolute Gasteiger partial charge is 0.218 e. The Morgan fingerprint density at radius 3 is 3.06 bits per heavy atom. The van der Waals surface area contributed by atoms with Gasteiger partial charge in [-0.3, -0.25) is 4.79 Å². The molecule has 1 aromatic heterocycles. The van der Waals surface area contributed by atoms with E-state index in [0.717, 1.165) is 18.7 Å². The van der Waals surface area contributed by atoms with E-state index in [1.807, 2.05) is 19.4 Å². The fourth-order valence-corrected chi connectivity index (χ4v) is 1.59. The fraction of sp³-hybridized carbons (Fsp3) is 0.636. The number of carbonyl (C=O) groups excluding carboxylic acids is 1. The minimum absolute atomic E-state index is 0.0995. The van der Waals surface area contributed by atoms with E-state index in [4.69, 9.17) is 5.73 Å². The zero-order chi connectivity index (χ0) is 12.0. The highest BCUT2D eigenvalue weighted by Crippen LogP contribution is 2.01. The van der Waals surface area contributed by atoms with Crippen molar-refractivity contribution in [3.63, 3.8) is 0 Å². The molecule has 0 aliphatic carbocycles. The van der Waals surface area contributed by atoms with E-state index in [0.29, 0.717) is 13.0 Å². The molecule has 1 amide bonds. The lowest BCUT2D eigenvalue weighted by Crippen LogP contribution is -2.31. The van der Waals surface area contributed by atoms with Crippen LogP contribution >= 0.6 is 0 Å². The van der Waals surface area contributed by atoms with Crippen LogP contribution in [0.5, 0.6) is 0 Å². The van der Waals surface area contributed by atoms with Gasteiger partial charge in [0.05, 0.1) is 12.0 Å². The van der Waals surface area contributed by atoms with Gasteiger partial charge in [-0.25, -0.2) is 4.98 Å². The number of nitrogens with two attached hydrogens (primary N) is 1. The third-order valence-corrected chi connectivity index (χ3v) is 2.40. The summed E-state index contributed by atoms with van der Waals surface area (Å²) in [7, 11) is 0. The molecule has 0 fully saturated rings. The predicted molar refractivity (Wildman–Crippen MR) is 62.6 cm³/mol. The van der Waals surface area contributed by atoms with Crippen LogP contribution in [-0.4, -0.2) is 21.5 Å². The Morgan fingerprint density at radius 1 is 1.69 bits per heavy atom. The summed E-state index contributed by atoms with van der Waals surface area (Å²) in [4.78, 5) is 14.8. The van der Waals surface area contributed by atoms with Gasteiger partial charge >= 0.3 is 0 Å². The van der Waals surface area contributed by atoms with Crippen LogP contribution in [0.25, 0.3) is 0 Å². The van der Waals surface area contributed by atoms with Gasteiger partial charge in [-0.2, -0.15) is 0 Å². The SMILES string of the molecule is CCCn1cncc1CNC(C)CC(N)=O. The van der Waals surface area contributed by atoms with Gasteiger partial charge in [-0.15, -0.1) is 0 Å². The van der Waals surface area contributed by atoms with E-state index in [1.165, 1.54) is 0 Å². The first-order valence-electron chi connectivity index (χ1n) is 5.64. The van der Waals surface area contributed by atoms with Crippen molar-refractivity contribution in [1.82, 2.24) is 14.9 Å². The maximum Gasteiger partial charge on any atom is 0.218 e. The first kappa shape index (κ1) is 12.7. The standard InChI is InChI=1S/C11H20N4O/c1-3-4-15-8-13-6-10(15)7-14-9(2)5-11(12)16/h6,8-9,14H,3-5,7H2,1-2H3,(H2,12,16). The molecular formula is C11H20N4O. The second kappa shape index (κ2) is 6.27. The fourth-order valence-electron chi connectivity index (χ4n) is 1.59. The minimum Gasteiger partial charge on any atom is -0.370 e.